The molecule has 7 nitrogen and oxygen atoms in total. The fourth-order valence-electron chi connectivity index (χ4n) is 2.71. The molecule has 2 N–H and O–H groups in total. The summed E-state index contributed by atoms with van der Waals surface area (Å²) in [5, 5.41) is 9.53. The molecular weight excluding hydrogens is 350 g/mol. The lowest BCUT2D eigenvalue weighted by Crippen LogP contribution is -2.15. The summed E-state index contributed by atoms with van der Waals surface area (Å²) in [5.74, 6) is -2.71. The molecule has 138 valence electrons. The number of carbonyl (C=O) groups excluding carboxylic acids is 2. The molecule has 0 aliphatic carbocycles. The second-order valence-electron chi connectivity index (χ2n) is 5.87. The van der Waals surface area contributed by atoms with Crippen LogP contribution in [0.2, 0.25) is 0 Å². The van der Waals surface area contributed by atoms with E-state index in [9.17, 15) is 14.4 Å². The van der Waals surface area contributed by atoms with Crippen molar-refractivity contribution in [2.24, 2.45) is 0 Å². The van der Waals surface area contributed by atoms with E-state index in [1.807, 2.05) is 30.3 Å². The number of rotatable bonds is 7. The number of benzene rings is 2. The maximum atomic E-state index is 12.2. The SMILES string of the molecule is CC(=O)OCc1[nH]c2ccc(OCc3ccccc3)cc2c1C(=O)C(=O)O. The van der Waals surface area contributed by atoms with Crippen LogP contribution in [0.3, 0.4) is 0 Å². The Morgan fingerprint density at radius 3 is 2.44 bits per heavy atom. The molecule has 0 amide bonds. The number of Topliss-reactive ketones (excluding diaryl/α,β-unsaturated/α-hetero) is 1. The number of carboxylic acids is 1. The first-order valence-corrected chi connectivity index (χ1v) is 8.18. The topological polar surface area (TPSA) is 106 Å². The number of H-pyrrole nitrogens is 1. The Labute approximate surface area is 154 Å². The van der Waals surface area contributed by atoms with Crippen molar-refractivity contribution in [1.29, 1.82) is 0 Å². The molecule has 0 bridgehead atoms. The van der Waals surface area contributed by atoms with Gasteiger partial charge in [-0.15, -0.1) is 0 Å². The normalized spacial score (nSPS) is 10.6. The van der Waals surface area contributed by atoms with Crippen LogP contribution in [0.25, 0.3) is 10.9 Å². The zero-order chi connectivity index (χ0) is 19.4. The van der Waals surface area contributed by atoms with Crippen molar-refractivity contribution in [3.63, 3.8) is 0 Å². The summed E-state index contributed by atoms with van der Waals surface area (Å²) in [6, 6.07) is 14.6. The van der Waals surface area contributed by atoms with Gasteiger partial charge < -0.3 is 19.6 Å². The quantitative estimate of drug-likeness (QED) is 0.378. The predicted molar refractivity (Wildman–Crippen MR) is 96.5 cm³/mol. The van der Waals surface area contributed by atoms with Crippen molar-refractivity contribution >= 4 is 28.6 Å². The van der Waals surface area contributed by atoms with E-state index in [-0.39, 0.29) is 17.9 Å². The summed E-state index contributed by atoms with van der Waals surface area (Å²) in [4.78, 5) is 37.4. The van der Waals surface area contributed by atoms with E-state index < -0.39 is 17.7 Å². The zero-order valence-corrected chi connectivity index (χ0v) is 14.5. The fraction of sp³-hybridized carbons (Fsp3) is 0.150. The second kappa shape index (κ2) is 7.74. The number of carbonyl (C=O) groups is 3. The van der Waals surface area contributed by atoms with E-state index in [0.717, 1.165) is 5.56 Å². The van der Waals surface area contributed by atoms with Crippen LogP contribution in [0.4, 0.5) is 0 Å². The minimum absolute atomic E-state index is 0.0380. The number of nitrogens with one attached hydrogen (secondary N) is 1. The van der Waals surface area contributed by atoms with Crippen LogP contribution in [-0.2, 0) is 27.5 Å². The molecule has 0 radical (unpaired) electrons. The lowest BCUT2D eigenvalue weighted by atomic mass is 10.1. The van der Waals surface area contributed by atoms with Gasteiger partial charge >= 0.3 is 11.9 Å². The largest absolute Gasteiger partial charge is 0.489 e. The summed E-state index contributed by atoms with van der Waals surface area (Å²) in [7, 11) is 0. The third kappa shape index (κ3) is 4.14. The highest BCUT2D eigenvalue weighted by atomic mass is 16.5. The Bertz CT molecular complexity index is 1010. The number of hydrogen-bond donors (Lipinski definition) is 2. The van der Waals surface area contributed by atoms with Gasteiger partial charge in [0, 0.05) is 17.8 Å². The molecule has 1 heterocycles. The van der Waals surface area contributed by atoms with Gasteiger partial charge in [0.2, 0.25) is 0 Å². The number of esters is 1. The third-order valence-electron chi connectivity index (χ3n) is 3.94. The lowest BCUT2D eigenvalue weighted by Gasteiger charge is -2.07. The minimum atomic E-state index is -1.59. The van der Waals surface area contributed by atoms with Crippen molar-refractivity contribution < 1.29 is 29.0 Å². The average Bonchev–Trinajstić information content (AvgIpc) is 3.02. The standard InChI is InChI=1S/C20H17NO6/c1-12(22)26-11-17-18(19(23)20(24)25)15-9-14(7-8-16(15)21-17)27-10-13-5-3-2-4-6-13/h2-9,21H,10-11H2,1H3,(H,24,25). The van der Waals surface area contributed by atoms with Gasteiger partial charge in [0.1, 0.15) is 19.0 Å². The molecule has 7 heteroatoms. The van der Waals surface area contributed by atoms with Gasteiger partial charge in [0.25, 0.3) is 5.78 Å². The van der Waals surface area contributed by atoms with Crippen molar-refractivity contribution in [2.75, 3.05) is 0 Å². The van der Waals surface area contributed by atoms with Gasteiger partial charge in [-0.1, -0.05) is 30.3 Å². The maximum absolute atomic E-state index is 12.2. The number of aliphatic carboxylic acids is 1. The predicted octanol–water partition coefficient (Wildman–Crippen LogP) is 3.08. The van der Waals surface area contributed by atoms with E-state index in [4.69, 9.17) is 14.6 Å². The Balaban J connectivity index is 1.95. The number of aromatic nitrogens is 1. The van der Waals surface area contributed by atoms with Crippen LogP contribution >= 0.6 is 0 Å². The Hall–Kier alpha value is -3.61. The molecule has 0 atom stereocenters. The molecule has 1 aromatic heterocycles. The molecule has 3 aromatic rings. The number of fused-ring (bicyclic) bond motifs is 1. The molecule has 0 spiro atoms. The van der Waals surface area contributed by atoms with E-state index in [1.165, 1.54) is 6.92 Å². The highest BCUT2D eigenvalue weighted by Crippen LogP contribution is 2.28. The van der Waals surface area contributed by atoms with Gasteiger partial charge in [-0.3, -0.25) is 9.59 Å². The zero-order valence-electron chi connectivity index (χ0n) is 14.5. The van der Waals surface area contributed by atoms with Crippen molar-refractivity contribution in [3.8, 4) is 5.75 Å². The number of aromatic amines is 1. The third-order valence-corrected chi connectivity index (χ3v) is 3.94. The van der Waals surface area contributed by atoms with Gasteiger partial charge in [-0.2, -0.15) is 0 Å². The highest BCUT2D eigenvalue weighted by Gasteiger charge is 2.24. The summed E-state index contributed by atoms with van der Waals surface area (Å²) in [5.41, 5.74) is 1.72. The minimum Gasteiger partial charge on any atom is -0.489 e. The monoisotopic (exact) mass is 367 g/mol. The van der Waals surface area contributed by atoms with Gasteiger partial charge in [0.15, 0.2) is 0 Å². The van der Waals surface area contributed by atoms with Gasteiger partial charge in [-0.05, 0) is 23.8 Å². The van der Waals surface area contributed by atoms with Crippen LogP contribution in [-0.4, -0.2) is 27.8 Å². The second-order valence-corrected chi connectivity index (χ2v) is 5.87. The highest BCUT2D eigenvalue weighted by molar-refractivity contribution is 6.42. The van der Waals surface area contributed by atoms with Crippen LogP contribution in [0.15, 0.2) is 48.5 Å². The van der Waals surface area contributed by atoms with E-state index >= 15 is 0 Å². The number of carboxylic acid groups (broad SMARTS) is 1. The molecule has 0 saturated heterocycles. The summed E-state index contributed by atoms with van der Waals surface area (Å²) in [6.07, 6.45) is 0. The molecule has 0 unspecified atom stereocenters. The first kappa shape index (κ1) is 18.2. The van der Waals surface area contributed by atoms with Crippen molar-refractivity contribution in [3.05, 3.63) is 65.4 Å². The first-order chi connectivity index (χ1) is 13.0. The lowest BCUT2D eigenvalue weighted by molar-refractivity contribution is -0.142. The smallest absolute Gasteiger partial charge is 0.377 e. The number of ketones is 1. The van der Waals surface area contributed by atoms with Crippen LogP contribution in [0, 0.1) is 0 Å². The molecule has 3 rings (SSSR count). The average molecular weight is 367 g/mol. The van der Waals surface area contributed by atoms with Crippen LogP contribution in [0.5, 0.6) is 5.75 Å². The van der Waals surface area contributed by atoms with E-state index in [1.54, 1.807) is 18.2 Å². The maximum Gasteiger partial charge on any atom is 0.377 e. The first-order valence-electron chi connectivity index (χ1n) is 8.18. The van der Waals surface area contributed by atoms with Gasteiger partial charge in [-0.25, -0.2) is 4.79 Å². The molecule has 0 saturated carbocycles. The molecule has 0 aliphatic rings. The van der Waals surface area contributed by atoms with E-state index in [0.29, 0.717) is 23.3 Å². The summed E-state index contributed by atoms with van der Waals surface area (Å²) in [6.45, 7) is 1.34. The van der Waals surface area contributed by atoms with Crippen LogP contribution < -0.4 is 4.74 Å². The molecule has 2 aromatic carbocycles. The van der Waals surface area contributed by atoms with Crippen molar-refractivity contribution in [2.45, 2.75) is 20.1 Å². The van der Waals surface area contributed by atoms with Crippen molar-refractivity contribution in [1.82, 2.24) is 4.98 Å². The number of hydrogen-bond acceptors (Lipinski definition) is 5. The van der Waals surface area contributed by atoms with E-state index in [2.05, 4.69) is 4.98 Å². The fourth-order valence-corrected chi connectivity index (χ4v) is 2.71. The molecule has 0 fully saturated rings. The van der Waals surface area contributed by atoms with Gasteiger partial charge in [0.05, 0.1) is 11.3 Å². The molecule has 27 heavy (non-hydrogen) atoms. The molecule has 0 aliphatic heterocycles. The summed E-state index contributed by atoms with van der Waals surface area (Å²) < 4.78 is 10.7. The van der Waals surface area contributed by atoms with Crippen LogP contribution in [0.1, 0.15) is 28.5 Å². The Morgan fingerprint density at radius 1 is 1.04 bits per heavy atom. The Morgan fingerprint density at radius 2 is 1.78 bits per heavy atom. The Kier molecular flexibility index (Phi) is 5.21. The summed E-state index contributed by atoms with van der Waals surface area (Å²) >= 11 is 0. The number of ether oxygens (including phenoxy) is 2. The molecular formula is C20H17NO6.